The Kier molecular flexibility index (Phi) is 5.66. The molecular weight excluding hydrogens is 328 g/mol. The number of alkyl halides is 2. The van der Waals surface area contributed by atoms with Crippen LogP contribution in [0, 0.1) is 6.92 Å². The van der Waals surface area contributed by atoms with Gasteiger partial charge in [-0.1, -0.05) is 29.8 Å². The number of hydrogen-bond donors (Lipinski definition) is 2. The highest BCUT2D eigenvalue weighted by Gasteiger charge is 2.42. The number of carbonyl (C=O) groups is 1. The number of nitrogens with zero attached hydrogens (tertiary/aromatic N) is 1. The first kappa shape index (κ1) is 18.2. The minimum atomic E-state index is -2.80. The van der Waals surface area contributed by atoms with E-state index in [-0.39, 0.29) is 11.9 Å². The van der Waals surface area contributed by atoms with Crippen LogP contribution in [0.5, 0.6) is 0 Å². The summed E-state index contributed by atoms with van der Waals surface area (Å²) >= 11 is 0. The molecule has 0 radical (unpaired) electrons. The molecule has 2 fully saturated rings. The molecule has 0 bridgehead atoms. The molecule has 0 saturated carbocycles. The van der Waals surface area contributed by atoms with Crippen molar-refractivity contribution in [2.45, 2.75) is 31.4 Å². The Morgan fingerprint density at radius 1 is 1.44 bits per heavy atom. The highest BCUT2D eigenvalue weighted by molar-refractivity contribution is 5.82. The second kappa shape index (κ2) is 7.76. The van der Waals surface area contributed by atoms with Crippen molar-refractivity contribution in [3.63, 3.8) is 0 Å². The second-order valence-corrected chi connectivity index (χ2v) is 6.82. The van der Waals surface area contributed by atoms with Gasteiger partial charge in [-0.15, -0.1) is 0 Å². The van der Waals surface area contributed by atoms with Crippen LogP contribution in [-0.4, -0.2) is 62.2 Å². The van der Waals surface area contributed by atoms with E-state index in [4.69, 9.17) is 4.74 Å². The van der Waals surface area contributed by atoms with Crippen molar-refractivity contribution in [1.82, 2.24) is 15.5 Å². The van der Waals surface area contributed by atoms with E-state index in [1.165, 1.54) is 0 Å². The maximum atomic E-state index is 13.3. The zero-order valence-electron chi connectivity index (χ0n) is 14.4. The molecule has 2 aliphatic rings. The summed E-state index contributed by atoms with van der Waals surface area (Å²) in [7, 11) is 0. The first-order valence-corrected chi connectivity index (χ1v) is 8.72. The maximum Gasteiger partial charge on any atom is 0.262 e. The lowest BCUT2D eigenvalue weighted by atomic mass is 10.0. The molecule has 2 atom stereocenters. The predicted octanol–water partition coefficient (Wildman–Crippen LogP) is 1.48. The summed E-state index contributed by atoms with van der Waals surface area (Å²) in [5, 5.41) is 5.46. The number of halogens is 2. The highest BCUT2D eigenvalue weighted by atomic mass is 19.3. The average molecular weight is 353 g/mol. The molecule has 2 saturated heterocycles. The first-order chi connectivity index (χ1) is 11.9. The third kappa shape index (κ3) is 4.74. The summed E-state index contributed by atoms with van der Waals surface area (Å²) in [6.45, 7) is 4.88. The normalized spacial score (nSPS) is 24.8. The van der Waals surface area contributed by atoms with Crippen molar-refractivity contribution >= 4 is 5.91 Å². The number of amides is 1. The van der Waals surface area contributed by atoms with E-state index < -0.39 is 24.9 Å². The fourth-order valence-corrected chi connectivity index (χ4v) is 3.45. The fraction of sp³-hybridized carbons (Fsp3) is 0.611. The predicted molar refractivity (Wildman–Crippen MR) is 90.7 cm³/mol. The lowest BCUT2D eigenvalue weighted by Gasteiger charge is -2.35. The van der Waals surface area contributed by atoms with Crippen LogP contribution in [0.4, 0.5) is 8.78 Å². The molecule has 5 nitrogen and oxygen atoms in total. The third-order valence-corrected chi connectivity index (χ3v) is 4.81. The average Bonchev–Trinajstić information content (AvgIpc) is 2.96. The number of rotatable bonds is 5. The van der Waals surface area contributed by atoms with Gasteiger partial charge in [0, 0.05) is 26.1 Å². The molecular formula is C18H25F2N3O2. The van der Waals surface area contributed by atoms with Gasteiger partial charge in [0.15, 0.2) is 0 Å². The number of ether oxygens (including phenoxy) is 1. The maximum absolute atomic E-state index is 13.3. The minimum absolute atomic E-state index is 0.00895. The summed E-state index contributed by atoms with van der Waals surface area (Å²) in [6, 6.07) is 7.37. The van der Waals surface area contributed by atoms with Gasteiger partial charge in [0.2, 0.25) is 5.91 Å². The summed E-state index contributed by atoms with van der Waals surface area (Å²) < 4.78 is 32.0. The topological polar surface area (TPSA) is 53.6 Å². The monoisotopic (exact) mass is 353 g/mol. The summed E-state index contributed by atoms with van der Waals surface area (Å²) in [5.41, 5.74) is 2.27. The van der Waals surface area contributed by atoms with Gasteiger partial charge in [0.25, 0.3) is 5.92 Å². The molecule has 1 aromatic rings. The van der Waals surface area contributed by atoms with Gasteiger partial charge in [-0.2, -0.15) is 0 Å². The number of hydrogen-bond acceptors (Lipinski definition) is 4. The van der Waals surface area contributed by atoms with E-state index in [1.807, 2.05) is 25.1 Å². The van der Waals surface area contributed by atoms with E-state index in [0.29, 0.717) is 19.8 Å². The smallest absolute Gasteiger partial charge is 0.262 e. The molecule has 2 heterocycles. The zero-order chi connectivity index (χ0) is 17.9. The molecule has 138 valence electrons. The Hall–Kier alpha value is -1.57. The molecule has 1 aromatic carbocycles. The standard InChI is InChI=1S/C18H25F2N3O2/c1-13-3-2-4-14(9-13)16(23-5-7-25-8-6-23)11-21-17(24)15-10-18(19,20)12-22-15/h2-4,9,15-16,22H,5-8,10-12H2,1H3,(H,21,24). The second-order valence-electron chi connectivity index (χ2n) is 6.82. The zero-order valence-corrected chi connectivity index (χ0v) is 14.4. The number of morpholine rings is 1. The largest absolute Gasteiger partial charge is 0.379 e. The van der Waals surface area contributed by atoms with Crippen molar-refractivity contribution in [3.8, 4) is 0 Å². The van der Waals surface area contributed by atoms with Gasteiger partial charge in [0.05, 0.1) is 31.8 Å². The quantitative estimate of drug-likeness (QED) is 0.842. The van der Waals surface area contributed by atoms with E-state index >= 15 is 0 Å². The Morgan fingerprint density at radius 2 is 2.20 bits per heavy atom. The van der Waals surface area contributed by atoms with Crippen LogP contribution in [0.3, 0.4) is 0 Å². The van der Waals surface area contributed by atoms with Crippen LogP contribution in [0.1, 0.15) is 23.6 Å². The lowest BCUT2D eigenvalue weighted by molar-refractivity contribution is -0.123. The van der Waals surface area contributed by atoms with Crippen LogP contribution in [0.25, 0.3) is 0 Å². The van der Waals surface area contributed by atoms with E-state index in [0.717, 1.165) is 24.2 Å². The molecule has 0 spiro atoms. The van der Waals surface area contributed by atoms with Crippen LogP contribution >= 0.6 is 0 Å². The Labute approximate surface area is 146 Å². The van der Waals surface area contributed by atoms with Gasteiger partial charge in [0.1, 0.15) is 0 Å². The van der Waals surface area contributed by atoms with Crippen molar-refractivity contribution in [2.75, 3.05) is 39.4 Å². The number of aryl methyl sites for hydroxylation is 1. The van der Waals surface area contributed by atoms with Crippen LogP contribution in [0.15, 0.2) is 24.3 Å². The van der Waals surface area contributed by atoms with Gasteiger partial charge >= 0.3 is 0 Å². The molecule has 2 unspecified atom stereocenters. The first-order valence-electron chi connectivity index (χ1n) is 8.72. The molecule has 2 N–H and O–H groups in total. The van der Waals surface area contributed by atoms with Gasteiger partial charge < -0.3 is 10.1 Å². The molecule has 3 rings (SSSR count). The highest BCUT2D eigenvalue weighted by Crippen LogP contribution is 2.26. The van der Waals surface area contributed by atoms with Gasteiger partial charge in [-0.25, -0.2) is 8.78 Å². The van der Waals surface area contributed by atoms with Crippen molar-refractivity contribution < 1.29 is 18.3 Å². The van der Waals surface area contributed by atoms with Gasteiger partial charge in [-0.3, -0.25) is 15.0 Å². The summed E-state index contributed by atoms with van der Waals surface area (Å²) in [5.74, 6) is -3.16. The van der Waals surface area contributed by atoms with Crippen LogP contribution in [0.2, 0.25) is 0 Å². The summed E-state index contributed by atoms with van der Waals surface area (Å²) in [6.07, 6.45) is -0.439. The van der Waals surface area contributed by atoms with Crippen molar-refractivity contribution in [1.29, 1.82) is 0 Å². The van der Waals surface area contributed by atoms with E-state index in [9.17, 15) is 13.6 Å². The molecule has 1 amide bonds. The molecule has 25 heavy (non-hydrogen) atoms. The van der Waals surface area contributed by atoms with E-state index in [1.54, 1.807) is 0 Å². The van der Waals surface area contributed by atoms with Crippen molar-refractivity contribution in [2.24, 2.45) is 0 Å². The minimum Gasteiger partial charge on any atom is -0.379 e. The fourth-order valence-electron chi connectivity index (χ4n) is 3.45. The third-order valence-electron chi connectivity index (χ3n) is 4.81. The number of benzene rings is 1. The summed E-state index contributed by atoms with van der Waals surface area (Å²) in [4.78, 5) is 14.5. The number of carbonyl (C=O) groups excluding carboxylic acids is 1. The Balaban J connectivity index is 1.66. The lowest BCUT2D eigenvalue weighted by Crippen LogP contribution is -2.47. The van der Waals surface area contributed by atoms with E-state index in [2.05, 4.69) is 21.6 Å². The molecule has 2 aliphatic heterocycles. The Bertz CT molecular complexity index is 606. The van der Waals surface area contributed by atoms with Crippen LogP contribution in [-0.2, 0) is 9.53 Å². The van der Waals surface area contributed by atoms with Crippen molar-refractivity contribution in [3.05, 3.63) is 35.4 Å². The van der Waals surface area contributed by atoms with Gasteiger partial charge in [-0.05, 0) is 12.5 Å². The SMILES string of the molecule is Cc1cccc(C(CNC(=O)C2CC(F)(F)CN2)N2CCOCC2)c1. The number of nitrogens with one attached hydrogen (secondary N) is 2. The molecule has 0 aromatic heterocycles. The Morgan fingerprint density at radius 3 is 2.84 bits per heavy atom. The molecule has 0 aliphatic carbocycles. The van der Waals surface area contributed by atoms with Crippen LogP contribution < -0.4 is 10.6 Å². The molecule has 7 heteroatoms.